The predicted molar refractivity (Wildman–Crippen MR) is 81.0 cm³/mol. The third-order valence-corrected chi connectivity index (χ3v) is 3.27. The molecule has 1 heterocycles. The van der Waals surface area contributed by atoms with Gasteiger partial charge in [-0.2, -0.15) is 0 Å². The minimum atomic E-state index is -0.965. The van der Waals surface area contributed by atoms with Gasteiger partial charge in [0, 0.05) is 19.8 Å². The number of carbonyl (C=O) groups is 1. The van der Waals surface area contributed by atoms with E-state index >= 15 is 0 Å². The number of aromatic nitrogens is 1. The van der Waals surface area contributed by atoms with Crippen LogP contribution in [-0.2, 0) is 6.54 Å². The van der Waals surface area contributed by atoms with Crippen LogP contribution >= 0.6 is 0 Å². The van der Waals surface area contributed by atoms with Crippen LogP contribution in [0.15, 0.2) is 36.5 Å². The zero-order valence-electron chi connectivity index (χ0n) is 12.3. The molecule has 0 bridgehead atoms. The van der Waals surface area contributed by atoms with Crippen LogP contribution in [0.1, 0.15) is 21.5 Å². The van der Waals surface area contributed by atoms with E-state index in [-0.39, 0.29) is 5.56 Å². The zero-order chi connectivity index (χ0) is 15.4. The Hall–Kier alpha value is -2.56. The van der Waals surface area contributed by atoms with Crippen molar-refractivity contribution in [3.8, 4) is 5.75 Å². The number of anilines is 1. The van der Waals surface area contributed by atoms with Gasteiger partial charge in [-0.05, 0) is 36.2 Å². The second kappa shape index (κ2) is 6.26. The topological polar surface area (TPSA) is 62.7 Å². The van der Waals surface area contributed by atoms with Crippen LogP contribution in [0, 0.1) is 6.92 Å². The van der Waals surface area contributed by atoms with Crippen molar-refractivity contribution in [1.29, 1.82) is 0 Å². The Morgan fingerprint density at radius 2 is 2.14 bits per heavy atom. The molecular formula is C16H18N2O3. The van der Waals surface area contributed by atoms with Crippen molar-refractivity contribution >= 4 is 11.8 Å². The molecule has 0 aliphatic rings. The summed E-state index contributed by atoms with van der Waals surface area (Å²) >= 11 is 0. The second-order valence-corrected chi connectivity index (χ2v) is 4.84. The molecule has 1 aromatic carbocycles. The molecule has 0 unspecified atom stereocenters. The maximum absolute atomic E-state index is 11.4. The van der Waals surface area contributed by atoms with Crippen molar-refractivity contribution in [2.24, 2.45) is 0 Å². The molecule has 0 saturated carbocycles. The molecular weight excluding hydrogens is 268 g/mol. The van der Waals surface area contributed by atoms with Crippen LogP contribution in [0.2, 0.25) is 0 Å². The largest absolute Gasteiger partial charge is 0.497 e. The molecule has 0 aliphatic carbocycles. The van der Waals surface area contributed by atoms with Gasteiger partial charge in [0.25, 0.3) is 0 Å². The summed E-state index contributed by atoms with van der Waals surface area (Å²) in [7, 11) is 3.45. The Morgan fingerprint density at radius 1 is 1.38 bits per heavy atom. The van der Waals surface area contributed by atoms with Gasteiger partial charge in [0.1, 0.15) is 17.1 Å². The van der Waals surface area contributed by atoms with E-state index in [4.69, 9.17) is 4.74 Å². The van der Waals surface area contributed by atoms with Crippen molar-refractivity contribution in [1.82, 2.24) is 4.98 Å². The van der Waals surface area contributed by atoms with E-state index < -0.39 is 5.97 Å². The third-order valence-electron chi connectivity index (χ3n) is 3.27. The Morgan fingerprint density at radius 3 is 2.81 bits per heavy atom. The summed E-state index contributed by atoms with van der Waals surface area (Å²) in [4.78, 5) is 17.5. The number of methoxy groups -OCH3 is 1. The van der Waals surface area contributed by atoms with Crippen molar-refractivity contribution in [2.75, 3.05) is 19.1 Å². The van der Waals surface area contributed by atoms with E-state index in [0.717, 1.165) is 11.3 Å². The number of hydrogen-bond acceptors (Lipinski definition) is 4. The number of benzene rings is 1. The Bertz CT molecular complexity index is 656. The van der Waals surface area contributed by atoms with Crippen LogP contribution in [0.25, 0.3) is 0 Å². The van der Waals surface area contributed by atoms with Gasteiger partial charge in [0.15, 0.2) is 0 Å². The first-order valence-electron chi connectivity index (χ1n) is 6.56. The quantitative estimate of drug-likeness (QED) is 0.915. The van der Waals surface area contributed by atoms with Gasteiger partial charge in [0.05, 0.1) is 7.11 Å². The molecule has 1 aromatic heterocycles. The monoisotopic (exact) mass is 286 g/mol. The lowest BCUT2D eigenvalue weighted by Crippen LogP contribution is -2.21. The summed E-state index contributed by atoms with van der Waals surface area (Å²) < 4.78 is 5.19. The summed E-state index contributed by atoms with van der Waals surface area (Å²) in [6.07, 6.45) is 1.62. The maximum atomic E-state index is 11.4. The average Bonchev–Trinajstić information content (AvgIpc) is 2.46. The summed E-state index contributed by atoms with van der Waals surface area (Å²) in [5.41, 5.74) is 1.96. The van der Waals surface area contributed by atoms with Gasteiger partial charge >= 0.3 is 5.97 Å². The molecule has 0 aliphatic heterocycles. The summed E-state index contributed by atoms with van der Waals surface area (Å²) in [5.74, 6) is 0.273. The van der Waals surface area contributed by atoms with Gasteiger partial charge in [-0.25, -0.2) is 9.78 Å². The number of hydrogen-bond donors (Lipinski definition) is 1. The van der Waals surface area contributed by atoms with E-state index in [9.17, 15) is 9.90 Å². The predicted octanol–water partition coefficient (Wildman–Crippen LogP) is 2.73. The zero-order valence-corrected chi connectivity index (χ0v) is 12.3. The Kier molecular flexibility index (Phi) is 4.42. The van der Waals surface area contributed by atoms with Crippen LogP contribution in [0.4, 0.5) is 5.82 Å². The average molecular weight is 286 g/mol. The van der Waals surface area contributed by atoms with Crippen molar-refractivity contribution < 1.29 is 14.6 Å². The highest BCUT2D eigenvalue weighted by Gasteiger charge is 2.17. The van der Waals surface area contributed by atoms with E-state index in [1.54, 1.807) is 26.3 Å². The number of pyridine rings is 1. The van der Waals surface area contributed by atoms with Crippen LogP contribution in [-0.4, -0.2) is 30.2 Å². The van der Waals surface area contributed by atoms with Crippen molar-refractivity contribution in [3.63, 3.8) is 0 Å². The highest BCUT2D eigenvalue weighted by atomic mass is 16.5. The number of ether oxygens (including phenoxy) is 1. The van der Waals surface area contributed by atoms with Gasteiger partial charge in [-0.3, -0.25) is 0 Å². The molecule has 21 heavy (non-hydrogen) atoms. The summed E-state index contributed by atoms with van der Waals surface area (Å²) in [6.45, 7) is 2.32. The SMILES string of the molecule is COc1cccc(CN(C)c2nccc(C)c2C(=O)O)c1. The minimum absolute atomic E-state index is 0.239. The molecule has 110 valence electrons. The number of rotatable bonds is 5. The van der Waals surface area contributed by atoms with Crippen LogP contribution in [0.5, 0.6) is 5.75 Å². The fraction of sp³-hybridized carbons (Fsp3) is 0.250. The Labute approximate surface area is 123 Å². The van der Waals surface area contributed by atoms with Crippen molar-refractivity contribution in [2.45, 2.75) is 13.5 Å². The highest BCUT2D eigenvalue weighted by Crippen LogP contribution is 2.22. The third kappa shape index (κ3) is 3.31. The normalized spacial score (nSPS) is 10.2. The molecule has 0 amide bonds. The Balaban J connectivity index is 2.30. The van der Waals surface area contributed by atoms with E-state index in [2.05, 4.69) is 4.98 Å². The molecule has 2 aromatic rings. The molecule has 5 heteroatoms. The number of aromatic carboxylic acids is 1. The fourth-order valence-corrected chi connectivity index (χ4v) is 2.22. The summed E-state index contributed by atoms with van der Waals surface area (Å²) in [5, 5.41) is 9.36. The molecule has 5 nitrogen and oxygen atoms in total. The van der Waals surface area contributed by atoms with E-state index in [0.29, 0.717) is 17.9 Å². The number of carboxylic acids is 1. The summed E-state index contributed by atoms with van der Waals surface area (Å²) in [6, 6.07) is 9.37. The highest BCUT2D eigenvalue weighted by molar-refractivity contribution is 5.94. The van der Waals surface area contributed by atoms with Crippen LogP contribution < -0.4 is 9.64 Å². The standard InChI is InChI=1S/C16H18N2O3/c1-11-7-8-17-15(14(11)16(19)20)18(2)10-12-5-4-6-13(9-12)21-3/h4-9H,10H2,1-3H3,(H,19,20). The molecule has 0 radical (unpaired) electrons. The molecule has 0 atom stereocenters. The first-order chi connectivity index (χ1) is 10.0. The van der Waals surface area contributed by atoms with E-state index in [1.807, 2.05) is 36.2 Å². The lowest BCUT2D eigenvalue weighted by molar-refractivity contribution is 0.0696. The number of aryl methyl sites for hydroxylation is 1. The first-order valence-corrected chi connectivity index (χ1v) is 6.56. The van der Waals surface area contributed by atoms with Crippen LogP contribution in [0.3, 0.4) is 0 Å². The molecule has 0 fully saturated rings. The number of carboxylic acid groups (broad SMARTS) is 1. The van der Waals surface area contributed by atoms with Crippen molar-refractivity contribution in [3.05, 3.63) is 53.2 Å². The minimum Gasteiger partial charge on any atom is -0.497 e. The van der Waals surface area contributed by atoms with Gasteiger partial charge in [-0.1, -0.05) is 12.1 Å². The maximum Gasteiger partial charge on any atom is 0.339 e. The van der Waals surface area contributed by atoms with Gasteiger partial charge < -0.3 is 14.7 Å². The molecule has 1 N–H and O–H groups in total. The van der Waals surface area contributed by atoms with E-state index in [1.165, 1.54) is 0 Å². The molecule has 2 rings (SSSR count). The lowest BCUT2D eigenvalue weighted by Gasteiger charge is -2.21. The molecule has 0 spiro atoms. The fourth-order valence-electron chi connectivity index (χ4n) is 2.22. The second-order valence-electron chi connectivity index (χ2n) is 4.84. The number of nitrogens with zero attached hydrogens (tertiary/aromatic N) is 2. The smallest absolute Gasteiger partial charge is 0.339 e. The van der Waals surface area contributed by atoms with Gasteiger partial charge in [0.2, 0.25) is 0 Å². The molecule has 0 saturated heterocycles. The van der Waals surface area contributed by atoms with Gasteiger partial charge in [-0.15, -0.1) is 0 Å². The first kappa shape index (κ1) is 14.8. The lowest BCUT2D eigenvalue weighted by atomic mass is 10.1.